The summed E-state index contributed by atoms with van der Waals surface area (Å²) in [5.74, 6) is 1.74. The standard InChI is InChI=1S/C27H28N2O2S2/c1-3-28-23(31-22-17-16-19-11-7-8-14-21(19)24(22)28)15-9-10-18(2)25-26(30)29(27(32)33-25)20-12-5-4-6-13-20/h7-11,14-17,20H,3-6,12-13H2,1-2H3/b10-9+,23-15-,25-18-. The molecule has 1 saturated heterocycles. The van der Waals surface area contributed by atoms with E-state index in [0.717, 1.165) is 47.2 Å². The number of amides is 1. The van der Waals surface area contributed by atoms with Crippen molar-refractivity contribution < 1.29 is 9.53 Å². The van der Waals surface area contributed by atoms with E-state index in [1.54, 1.807) is 0 Å². The van der Waals surface area contributed by atoms with Crippen LogP contribution in [0.4, 0.5) is 5.69 Å². The Morgan fingerprint density at radius 3 is 2.76 bits per heavy atom. The number of thiocarbonyl (C=S) groups is 1. The van der Waals surface area contributed by atoms with E-state index in [1.165, 1.54) is 41.8 Å². The molecule has 1 amide bonds. The van der Waals surface area contributed by atoms with Crippen molar-refractivity contribution in [1.82, 2.24) is 4.90 Å². The zero-order chi connectivity index (χ0) is 22.9. The second-order valence-electron chi connectivity index (χ2n) is 8.69. The normalized spacial score (nSPS) is 22.1. The first kappa shape index (κ1) is 22.2. The predicted molar refractivity (Wildman–Crippen MR) is 141 cm³/mol. The van der Waals surface area contributed by atoms with Gasteiger partial charge in [-0.2, -0.15) is 0 Å². The van der Waals surface area contributed by atoms with E-state index in [1.807, 2.05) is 36.1 Å². The van der Waals surface area contributed by atoms with Crippen LogP contribution in [0.25, 0.3) is 10.8 Å². The molecule has 2 heterocycles. The van der Waals surface area contributed by atoms with Crippen molar-refractivity contribution >= 4 is 50.7 Å². The van der Waals surface area contributed by atoms with E-state index in [4.69, 9.17) is 17.0 Å². The molecule has 2 aromatic carbocycles. The molecular formula is C27H28N2O2S2. The third-order valence-corrected chi connectivity index (χ3v) is 8.13. The maximum atomic E-state index is 13.1. The van der Waals surface area contributed by atoms with Crippen LogP contribution in [0, 0.1) is 0 Å². The maximum Gasteiger partial charge on any atom is 0.266 e. The summed E-state index contributed by atoms with van der Waals surface area (Å²) < 4.78 is 6.88. The number of carbonyl (C=O) groups is 1. The number of carbonyl (C=O) groups excluding carboxylic acids is 1. The summed E-state index contributed by atoms with van der Waals surface area (Å²) in [4.78, 5) is 17.9. The van der Waals surface area contributed by atoms with Crippen molar-refractivity contribution in [1.29, 1.82) is 0 Å². The van der Waals surface area contributed by atoms with Gasteiger partial charge in [0.25, 0.3) is 5.91 Å². The van der Waals surface area contributed by atoms with Crippen molar-refractivity contribution in [2.24, 2.45) is 0 Å². The van der Waals surface area contributed by atoms with E-state index in [-0.39, 0.29) is 11.9 Å². The van der Waals surface area contributed by atoms with Crippen LogP contribution < -0.4 is 9.64 Å². The number of thioether (sulfide) groups is 1. The number of benzene rings is 2. The number of anilines is 1. The van der Waals surface area contributed by atoms with Gasteiger partial charge in [-0.3, -0.25) is 9.69 Å². The molecule has 33 heavy (non-hydrogen) atoms. The lowest BCUT2D eigenvalue weighted by molar-refractivity contribution is -0.124. The van der Waals surface area contributed by atoms with Gasteiger partial charge in [0.2, 0.25) is 5.88 Å². The minimum Gasteiger partial charge on any atom is -0.439 e. The minimum atomic E-state index is 0.0675. The lowest BCUT2D eigenvalue weighted by atomic mass is 9.94. The Kier molecular flexibility index (Phi) is 6.30. The van der Waals surface area contributed by atoms with Crippen LogP contribution in [-0.4, -0.2) is 27.7 Å². The zero-order valence-corrected chi connectivity index (χ0v) is 20.7. The van der Waals surface area contributed by atoms with Crippen LogP contribution in [0.5, 0.6) is 5.75 Å². The molecule has 1 saturated carbocycles. The number of hydrogen-bond donors (Lipinski definition) is 0. The Hall–Kier alpha value is -2.57. The van der Waals surface area contributed by atoms with Crippen LogP contribution in [0.3, 0.4) is 0 Å². The molecule has 0 N–H and O–H groups in total. The molecule has 0 atom stereocenters. The van der Waals surface area contributed by atoms with E-state index in [0.29, 0.717) is 4.32 Å². The SMILES string of the molecule is CCN1/C(=C/C=C/C(C)=C2\SC(=S)N(C3CCCCC3)C2=O)Oc2ccc3ccccc3c21. The fourth-order valence-electron chi connectivity index (χ4n) is 4.94. The predicted octanol–water partition coefficient (Wildman–Crippen LogP) is 6.92. The summed E-state index contributed by atoms with van der Waals surface area (Å²) in [5.41, 5.74) is 2.05. The minimum absolute atomic E-state index is 0.0675. The van der Waals surface area contributed by atoms with Crippen molar-refractivity contribution in [3.63, 3.8) is 0 Å². The quantitative estimate of drug-likeness (QED) is 0.353. The van der Waals surface area contributed by atoms with Crippen LogP contribution in [0.1, 0.15) is 46.0 Å². The summed E-state index contributed by atoms with van der Waals surface area (Å²) in [6.45, 7) is 4.91. The molecular weight excluding hydrogens is 448 g/mol. The Labute approximate surface area is 205 Å². The molecule has 0 unspecified atom stereocenters. The van der Waals surface area contributed by atoms with Gasteiger partial charge in [-0.15, -0.1) is 0 Å². The molecule has 4 nitrogen and oxygen atoms in total. The van der Waals surface area contributed by atoms with Crippen LogP contribution in [0.2, 0.25) is 0 Å². The third kappa shape index (κ3) is 4.11. The van der Waals surface area contributed by atoms with Gasteiger partial charge in [-0.05, 0) is 49.8 Å². The molecule has 6 heteroatoms. The number of rotatable bonds is 4. The lowest BCUT2D eigenvalue weighted by Gasteiger charge is -2.29. The highest BCUT2D eigenvalue weighted by Gasteiger charge is 2.38. The Balaban J connectivity index is 1.37. The number of ether oxygens (including phenoxy) is 1. The molecule has 3 aliphatic rings. The molecule has 0 spiro atoms. The van der Waals surface area contributed by atoms with E-state index >= 15 is 0 Å². The first-order chi connectivity index (χ1) is 16.1. The van der Waals surface area contributed by atoms with Crippen molar-refractivity contribution in [2.45, 2.75) is 52.0 Å². The Morgan fingerprint density at radius 2 is 1.97 bits per heavy atom. The van der Waals surface area contributed by atoms with Crippen LogP contribution in [-0.2, 0) is 4.79 Å². The molecule has 5 rings (SSSR count). The highest BCUT2D eigenvalue weighted by atomic mass is 32.2. The van der Waals surface area contributed by atoms with Gasteiger partial charge in [0.15, 0.2) is 5.75 Å². The highest BCUT2D eigenvalue weighted by molar-refractivity contribution is 8.26. The summed E-state index contributed by atoms with van der Waals surface area (Å²) in [6.07, 6.45) is 11.7. The van der Waals surface area contributed by atoms with Gasteiger partial charge >= 0.3 is 0 Å². The molecule has 0 bridgehead atoms. The Bertz CT molecular complexity index is 1210. The average Bonchev–Trinajstić information content (AvgIpc) is 3.35. The van der Waals surface area contributed by atoms with Gasteiger partial charge in [0, 0.05) is 18.0 Å². The van der Waals surface area contributed by atoms with E-state index in [9.17, 15) is 4.79 Å². The van der Waals surface area contributed by atoms with Crippen molar-refractivity contribution in [3.8, 4) is 5.75 Å². The monoisotopic (exact) mass is 476 g/mol. The van der Waals surface area contributed by atoms with Crippen molar-refractivity contribution in [2.75, 3.05) is 11.4 Å². The molecule has 2 aliphatic heterocycles. The smallest absolute Gasteiger partial charge is 0.266 e. The lowest BCUT2D eigenvalue weighted by Crippen LogP contribution is -2.39. The third-order valence-electron chi connectivity index (χ3n) is 6.61. The molecule has 170 valence electrons. The van der Waals surface area contributed by atoms with Crippen molar-refractivity contribution in [3.05, 3.63) is 71.0 Å². The maximum absolute atomic E-state index is 13.1. The first-order valence-electron chi connectivity index (χ1n) is 11.7. The van der Waals surface area contributed by atoms with Gasteiger partial charge < -0.3 is 9.64 Å². The summed E-state index contributed by atoms with van der Waals surface area (Å²) in [6, 6.07) is 12.8. The van der Waals surface area contributed by atoms with Gasteiger partial charge in [0.1, 0.15) is 4.32 Å². The van der Waals surface area contributed by atoms with Crippen LogP contribution in [0.15, 0.2) is 71.0 Å². The largest absolute Gasteiger partial charge is 0.439 e. The second kappa shape index (κ2) is 9.35. The van der Waals surface area contributed by atoms with Crippen LogP contribution >= 0.6 is 24.0 Å². The summed E-state index contributed by atoms with van der Waals surface area (Å²) in [7, 11) is 0. The van der Waals surface area contributed by atoms with Gasteiger partial charge in [-0.1, -0.05) is 85.7 Å². The van der Waals surface area contributed by atoms with Gasteiger partial charge in [-0.25, -0.2) is 0 Å². The summed E-state index contributed by atoms with van der Waals surface area (Å²) >= 11 is 7.01. The summed E-state index contributed by atoms with van der Waals surface area (Å²) in [5, 5.41) is 2.39. The van der Waals surface area contributed by atoms with Gasteiger partial charge in [0.05, 0.1) is 10.6 Å². The zero-order valence-electron chi connectivity index (χ0n) is 19.0. The first-order valence-corrected chi connectivity index (χ1v) is 12.9. The second-order valence-corrected chi connectivity index (χ2v) is 10.3. The fourth-order valence-corrected chi connectivity index (χ4v) is 6.34. The van der Waals surface area contributed by atoms with E-state index in [2.05, 4.69) is 42.2 Å². The molecule has 2 aromatic rings. The number of allylic oxidation sites excluding steroid dienone is 4. The number of nitrogens with zero attached hydrogens (tertiary/aromatic N) is 2. The molecule has 2 fully saturated rings. The average molecular weight is 477 g/mol. The number of fused-ring (bicyclic) bond motifs is 3. The highest BCUT2D eigenvalue weighted by Crippen LogP contribution is 2.44. The Morgan fingerprint density at radius 1 is 1.18 bits per heavy atom. The molecule has 1 aliphatic carbocycles. The topological polar surface area (TPSA) is 32.8 Å². The molecule has 0 aromatic heterocycles. The number of hydrogen-bond acceptors (Lipinski definition) is 5. The molecule has 0 radical (unpaired) electrons. The fraction of sp³-hybridized carbons (Fsp3) is 0.333. The van der Waals surface area contributed by atoms with E-state index < -0.39 is 0 Å².